The van der Waals surface area contributed by atoms with Crippen LogP contribution in [0.5, 0.6) is 0 Å². The van der Waals surface area contributed by atoms with Gasteiger partial charge in [-0.25, -0.2) is 9.97 Å². The van der Waals surface area contributed by atoms with E-state index in [2.05, 4.69) is 54.6 Å². The number of piperidine rings is 1. The summed E-state index contributed by atoms with van der Waals surface area (Å²) in [4.78, 5) is 25.3. The van der Waals surface area contributed by atoms with Crippen molar-refractivity contribution in [2.75, 3.05) is 55.3 Å². The summed E-state index contributed by atoms with van der Waals surface area (Å²) in [5, 5.41) is 10.8. The Morgan fingerprint density at radius 3 is 2.52 bits per heavy atom. The zero-order valence-electron chi connectivity index (χ0n) is 24.4. The average Bonchev–Trinajstić information content (AvgIpc) is 3.76. The number of morpholine rings is 1. The van der Waals surface area contributed by atoms with Gasteiger partial charge in [0.1, 0.15) is 17.8 Å². The van der Waals surface area contributed by atoms with E-state index < -0.39 is 5.60 Å². The van der Waals surface area contributed by atoms with Gasteiger partial charge in [-0.3, -0.25) is 9.47 Å². The van der Waals surface area contributed by atoms with Crippen LogP contribution in [0.2, 0.25) is 0 Å². The summed E-state index contributed by atoms with van der Waals surface area (Å²) < 4.78 is 16.8. The van der Waals surface area contributed by atoms with E-state index in [0.29, 0.717) is 25.1 Å². The Morgan fingerprint density at radius 1 is 1.00 bits per heavy atom. The van der Waals surface area contributed by atoms with Crippen molar-refractivity contribution in [1.82, 2.24) is 34.0 Å². The molecule has 12 heteroatoms. The zero-order chi connectivity index (χ0) is 28.8. The molecule has 224 valence electrons. The number of aliphatic hydroxyl groups is 1. The van der Waals surface area contributed by atoms with Gasteiger partial charge < -0.3 is 24.0 Å². The SMILES string of the molecule is Cn1c(CN2CCC(C(C)(O)CI)CC2)nc2c(N3CCOCC3)nc(-n3c(C4CCCO4)nc4ccccc43)nc21. The highest BCUT2D eigenvalue weighted by atomic mass is 127. The molecule has 1 N–H and O–H groups in total. The summed E-state index contributed by atoms with van der Waals surface area (Å²) in [6.07, 6.45) is 3.85. The average molecular weight is 687 g/mol. The lowest BCUT2D eigenvalue weighted by Crippen LogP contribution is -2.44. The van der Waals surface area contributed by atoms with Crippen LogP contribution < -0.4 is 4.90 Å². The highest BCUT2D eigenvalue weighted by Crippen LogP contribution is 2.35. The van der Waals surface area contributed by atoms with Crippen LogP contribution in [0, 0.1) is 5.92 Å². The minimum atomic E-state index is -0.608. The number of hydrogen-bond acceptors (Lipinski definition) is 9. The fraction of sp³-hybridized carbons (Fsp3) is 0.600. The number of imidazole rings is 2. The van der Waals surface area contributed by atoms with Gasteiger partial charge >= 0.3 is 0 Å². The maximum Gasteiger partial charge on any atom is 0.239 e. The highest BCUT2D eigenvalue weighted by Gasteiger charge is 2.34. The largest absolute Gasteiger partial charge is 0.389 e. The molecule has 2 unspecified atom stereocenters. The van der Waals surface area contributed by atoms with Crippen LogP contribution in [0.4, 0.5) is 5.82 Å². The maximum atomic E-state index is 10.8. The third kappa shape index (κ3) is 5.18. The number of benzene rings is 1. The first-order valence-electron chi connectivity index (χ1n) is 15.1. The number of para-hydroxylation sites is 2. The second-order valence-corrected chi connectivity index (χ2v) is 12.8. The molecule has 7 rings (SSSR count). The molecule has 3 saturated heterocycles. The molecule has 42 heavy (non-hydrogen) atoms. The number of likely N-dealkylation sites (tertiary alicyclic amines) is 1. The Bertz CT molecular complexity index is 1570. The number of ether oxygens (including phenoxy) is 2. The number of hydrogen-bond donors (Lipinski definition) is 1. The van der Waals surface area contributed by atoms with Crippen LogP contribution in [0.25, 0.3) is 28.1 Å². The van der Waals surface area contributed by atoms with Crippen LogP contribution in [-0.4, -0.2) is 95.1 Å². The van der Waals surface area contributed by atoms with Crippen LogP contribution in [-0.2, 0) is 23.1 Å². The highest BCUT2D eigenvalue weighted by molar-refractivity contribution is 14.1. The Labute approximate surface area is 259 Å². The predicted octanol–water partition coefficient (Wildman–Crippen LogP) is 3.79. The molecule has 0 amide bonds. The van der Waals surface area contributed by atoms with E-state index in [1.165, 1.54) is 0 Å². The summed E-state index contributed by atoms with van der Waals surface area (Å²) >= 11 is 2.30. The topological polar surface area (TPSA) is 107 Å². The normalized spacial score (nSPS) is 22.4. The van der Waals surface area contributed by atoms with E-state index in [1.54, 1.807) is 0 Å². The van der Waals surface area contributed by atoms with Gasteiger partial charge in [0, 0.05) is 31.2 Å². The van der Waals surface area contributed by atoms with E-state index in [4.69, 9.17) is 29.4 Å². The molecule has 3 aliphatic heterocycles. The van der Waals surface area contributed by atoms with Crippen LogP contribution in [0.3, 0.4) is 0 Å². The van der Waals surface area contributed by atoms with E-state index >= 15 is 0 Å². The molecule has 3 aromatic heterocycles. The number of nitrogens with zero attached hydrogens (tertiary/aromatic N) is 8. The molecule has 6 heterocycles. The van der Waals surface area contributed by atoms with Gasteiger partial charge in [-0.05, 0) is 63.7 Å². The molecule has 0 bridgehead atoms. The number of rotatable bonds is 7. The number of alkyl halides is 1. The van der Waals surface area contributed by atoms with Gasteiger partial charge in [0.05, 0.1) is 36.4 Å². The summed E-state index contributed by atoms with van der Waals surface area (Å²) in [5.74, 6) is 3.59. The number of anilines is 1. The first kappa shape index (κ1) is 28.4. The van der Waals surface area contributed by atoms with Crippen molar-refractivity contribution < 1.29 is 14.6 Å². The molecule has 0 aliphatic carbocycles. The van der Waals surface area contributed by atoms with E-state index in [0.717, 1.165) is 109 Å². The summed E-state index contributed by atoms with van der Waals surface area (Å²) in [7, 11) is 2.06. The minimum Gasteiger partial charge on any atom is -0.389 e. The van der Waals surface area contributed by atoms with Gasteiger partial charge in [-0.1, -0.05) is 34.7 Å². The van der Waals surface area contributed by atoms with E-state index in [9.17, 15) is 5.11 Å². The van der Waals surface area contributed by atoms with Gasteiger partial charge in [-0.2, -0.15) is 9.97 Å². The van der Waals surface area contributed by atoms with Crippen molar-refractivity contribution in [3.8, 4) is 5.95 Å². The lowest BCUT2D eigenvalue weighted by Gasteiger charge is -2.38. The second kappa shape index (κ2) is 11.6. The molecule has 3 aliphatic rings. The molecule has 3 fully saturated rings. The van der Waals surface area contributed by atoms with Gasteiger partial charge in [0.15, 0.2) is 17.0 Å². The van der Waals surface area contributed by atoms with Crippen LogP contribution >= 0.6 is 22.6 Å². The fourth-order valence-electron chi connectivity index (χ4n) is 6.59. The summed E-state index contributed by atoms with van der Waals surface area (Å²) in [6, 6.07) is 8.17. The van der Waals surface area contributed by atoms with E-state index in [-0.39, 0.29) is 6.10 Å². The Kier molecular flexibility index (Phi) is 7.84. The fourth-order valence-corrected chi connectivity index (χ4v) is 7.21. The van der Waals surface area contributed by atoms with Crippen molar-refractivity contribution in [2.24, 2.45) is 13.0 Å². The number of halogens is 1. The quantitative estimate of drug-likeness (QED) is 0.230. The standard InChI is InChI=1S/C30H39IN8O3/c1-30(40,19-31)20-9-11-37(12-10-20)18-24-33-25-27(36(24)2)34-29(35-28(25)38-13-16-41-17-14-38)39-22-7-4-3-6-21(22)32-26(39)23-8-5-15-42-23/h3-4,6-7,20,23,40H,5,8-19H2,1-2H3. The molecule has 11 nitrogen and oxygen atoms in total. The van der Waals surface area contributed by atoms with Crippen LogP contribution in [0.15, 0.2) is 24.3 Å². The Morgan fingerprint density at radius 2 is 1.79 bits per heavy atom. The zero-order valence-corrected chi connectivity index (χ0v) is 26.5. The van der Waals surface area contributed by atoms with Crippen molar-refractivity contribution in [1.29, 1.82) is 0 Å². The number of fused-ring (bicyclic) bond motifs is 2. The van der Waals surface area contributed by atoms with E-state index in [1.807, 2.05) is 25.1 Å². The van der Waals surface area contributed by atoms with Gasteiger partial charge in [0.2, 0.25) is 5.95 Å². The third-order valence-electron chi connectivity index (χ3n) is 9.20. The Balaban J connectivity index is 1.29. The van der Waals surface area contributed by atoms with Crippen molar-refractivity contribution in [2.45, 2.75) is 50.9 Å². The predicted molar refractivity (Wildman–Crippen MR) is 169 cm³/mol. The molecule has 0 radical (unpaired) electrons. The Hall–Kier alpha value is -2.39. The van der Waals surface area contributed by atoms with Crippen molar-refractivity contribution >= 4 is 50.6 Å². The molecule has 1 aromatic carbocycles. The van der Waals surface area contributed by atoms with Gasteiger partial charge in [0.25, 0.3) is 0 Å². The second-order valence-electron chi connectivity index (χ2n) is 12.0. The first-order chi connectivity index (χ1) is 20.4. The molecular formula is C30H39IN8O3. The lowest BCUT2D eigenvalue weighted by atomic mass is 9.83. The first-order valence-corrected chi connectivity index (χ1v) is 16.6. The number of aromatic nitrogens is 6. The summed E-state index contributed by atoms with van der Waals surface area (Å²) in [6.45, 7) is 8.17. The third-order valence-corrected chi connectivity index (χ3v) is 10.7. The monoisotopic (exact) mass is 686 g/mol. The van der Waals surface area contributed by atoms with Crippen LogP contribution in [0.1, 0.15) is 50.4 Å². The number of aryl methyl sites for hydroxylation is 1. The summed E-state index contributed by atoms with van der Waals surface area (Å²) in [5.41, 5.74) is 2.92. The minimum absolute atomic E-state index is 0.0819. The molecule has 0 spiro atoms. The molecule has 0 saturated carbocycles. The van der Waals surface area contributed by atoms with Crippen molar-refractivity contribution in [3.05, 3.63) is 35.9 Å². The lowest BCUT2D eigenvalue weighted by molar-refractivity contribution is -0.00769. The molecular weight excluding hydrogens is 647 g/mol. The van der Waals surface area contributed by atoms with Crippen molar-refractivity contribution in [3.63, 3.8) is 0 Å². The maximum absolute atomic E-state index is 10.8. The molecule has 4 aromatic rings. The smallest absolute Gasteiger partial charge is 0.239 e. The van der Waals surface area contributed by atoms with Gasteiger partial charge in [-0.15, -0.1) is 0 Å². The molecule has 2 atom stereocenters.